The molecule has 0 bridgehead atoms. The number of anilines is 1. The highest BCUT2D eigenvalue weighted by Gasteiger charge is 1.95. The molecule has 1 heterocycles. The van der Waals surface area contributed by atoms with Crippen LogP contribution in [0, 0.1) is 5.92 Å². The molecule has 1 aromatic rings. The van der Waals surface area contributed by atoms with Crippen LogP contribution < -0.4 is 5.73 Å². The lowest BCUT2D eigenvalue weighted by Gasteiger charge is -2.05. The van der Waals surface area contributed by atoms with Gasteiger partial charge in [0.15, 0.2) is 0 Å². The summed E-state index contributed by atoms with van der Waals surface area (Å²) in [7, 11) is 0. The Morgan fingerprint density at radius 1 is 1.67 bits per heavy atom. The molecule has 4 nitrogen and oxygen atoms in total. The molecule has 0 unspecified atom stereocenters. The van der Waals surface area contributed by atoms with Gasteiger partial charge in [-0.2, -0.15) is 5.10 Å². The van der Waals surface area contributed by atoms with Crippen LogP contribution in [0.25, 0.3) is 0 Å². The summed E-state index contributed by atoms with van der Waals surface area (Å²) in [6.07, 6.45) is 1.80. The number of nitrogens with two attached hydrogens (primary N) is 1. The maximum absolute atomic E-state index is 5.42. The summed E-state index contributed by atoms with van der Waals surface area (Å²) in [6.45, 7) is 5.45. The molecule has 1 rings (SSSR count). The first-order valence-corrected chi connectivity index (χ1v) is 4.05. The minimum absolute atomic E-state index is 0.482. The van der Waals surface area contributed by atoms with Crippen LogP contribution in [-0.2, 0) is 11.5 Å². The van der Waals surface area contributed by atoms with Gasteiger partial charge in [0.1, 0.15) is 12.5 Å². The Morgan fingerprint density at radius 3 is 2.92 bits per heavy atom. The molecule has 0 radical (unpaired) electrons. The first-order valence-electron chi connectivity index (χ1n) is 4.05. The number of aromatic nitrogens is 2. The molecule has 0 aliphatic carbocycles. The van der Waals surface area contributed by atoms with Gasteiger partial charge in [-0.3, -0.25) is 0 Å². The summed E-state index contributed by atoms with van der Waals surface area (Å²) < 4.78 is 7.02. The molecule has 0 amide bonds. The minimum atomic E-state index is 0.482. The lowest BCUT2D eigenvalue weighted by Crippen LogP contribution is -2.07. The van der Waals surface area contributed by atoms with Crippen molar-refractivity contribution >= 4 is 5.82 Å². The third-order valence-electron chi connectivity index (χ3n) is 1.34. The molecule has 0 fully saturated rings. The van der Waals surface area contributed by atoms with E-state index in [0.717, 1.165) is 6.61 Å². The summed E-state index contributed by atoms with van der Waals surface area (Å²) in [5.41, 5.74) is 5.42. The van der Waals surface area contributed by atoms with Crippen molar-refractivity contribution in [3.63, 3.8) is 0 Å². The lowest BCUT2D eigenvalue weighted by atomic mass is 10.2. The van der Waals surface area contributed by atoms with Crippen molar-refractivity contribution in [2.75, 3.05) is 12.3 Å². The second-order valence-electron chi connectivity index (χ2n) is 3.17. The highest BCUT2D eigenvalue weighted by Crippen LogP contribution is 1.97. The summed E-state index contributed by atoms with van der Waals surface area (Å²) >= 11 is 0. The first-order chi connectivity index (χ1) is 5.68. The van der Waals surface area contributed by atoms with E-state index in [-0.39, 0.29) is 0 Å². The molecule has 4 heteroatoms. The molecule has 0 saturated heterocycles. The van der Waals surface area contributed by atoms with Crippen LogP contribution in [0.3, 0.4) is 0 Å². The van der Waals surface area contributed by atoms with Crippen molar-refractivity contribution in [3.05, 3.63) is 12.3 Å². The van der Waals surface area contributed by atoms with Crippen LogP contribution in [-0.4, -0.2) is 16.4 Å². The predicted octanol–water partition coefficient (Wildman–Crippen LogP) is 1.10. The Hall–Kier alpha value is -1.03. The van der Waals surface area contributed by atoms with Gasteiger partial charge in [0.25, 0.3) is 0 Å². The number of ether oxygens (including phenoxy) is 1. The zero-order valence-corrected chi connectivity index (χ0v) is 7.53. The minimum Gasteiger partial charge on any atom is -0.382 e. The lowest BCUT2D eigenvalue weighted by molar-refractivity contribution is 0.0507. The van der Waals surface area contributed by atoms with E-state index in [2.05, 4.69) is 18.9 Å². The van der Waals surface area contributed by atoms with Gasteiger partial charge in [-0.05, 0) is 5.92 Å². The molecule has 0 aliphatic rings. The van der Waals surface area contributed by atoms with Crippen molar-refractivity contribution in [2.24, 2.45) is 5.92 Å². The molecule has 12 heavy (non-hydrogen) atoms. The number of nitrogen functional groups attached to an aromatic ring is 1. The molecule has 68 valence electrons. The number of hydrogen-bond donors (Lipinski definition) is 1. The van der Waals surface area contributed by atoms with Gasteiger partial charge >= 0.3 is 0 Å². The van der Waals surface area contributed by atoms with Crippen LogP contribution >= 0.6 is 0 Å². The first kappa shape index (κ1) is 9.06. The number of rotatable bonds is 4. The van der Waals surface area contributed by atoms with Crippen LogP contribution in [0.1, 0.15) is 13.8 Å². The third kappa shape index (κ3) is 2.92. The maximum Gasteiger partial charge on any atom is 0.145 e. The van der Waals surface area contributed by atoms with E-state index >= 15 is 0 Å². The smallest absolute Gasteiger partial charge is 0.145 e. The fraction of sp³-hybridized carbons (Fsp3) is 0.625. The maximum atomic E-state index is 5.42. The summed E-state index contributed by atoms with van der Waals surface area (Å²) in [4.78, 5) is 0. The van der Waals surface area contributed by atoms with E-state index in [1.54, 1.807) is 16.9 Å². The van der Waals surface area contributed by atoms with Crippen LogP contribution in [0.5, 0.6) is 0 Å². The second kappa shape index (κ2) is 4.11. The average Bonchev–Trinajstić information content (AvgIpc) is 2.35. The average molecular weight is 169 g/mol. The molecule has 0 atom stereocenters. The zero-order chi connectivity index (χ0) is 8.97. The molecular weight excluding hydrogens is 154 g/mol. The van der Waals surface area contributed by atoms with Crippen molar-refractivity contribution in [1.82, 2.24) is 9.78 Å². The van der Waals surface area contributed by atoms with Crippen molar-refractivity contribution in [1.29, 1.82) is 0 Å². The van der Waals surface area contributed by atoms with Gasteiger partial charge in [0, 0.05) is 12.3 Å². The van der Waals surface area contributed by atoms with Gasteiger partial charge in [0.05, 0.1) is 6.61 Å². The van der Waals surface area contributed by atoms with Crippen molar-refractivity contribution in [3.8, 4) is 0 Å². The quantitative estimate of drug-likeness (QED) is 0.734. The summed E-state index contributed by atoms with van der Waals surface area (Å²) in [5.74, 6) is 1.08. The Balaban J connectivity index is 2.24. The van der Waals surface area contributed by atoms with Gasteiger partial charge < -0.3 is 10.5 Å². The molecule has 0 aromatic carbocycles. The summed E-state index contributed by atoms with van der Waals surface area (Å²) in [6, 6.07) is 1.75. The van der Waals surface area contributed by atoms with E-state index in [4.69, 9.17) is 10.5 Å². The van der Waals surface area contributed by atoms with E-state index in [9.17, 15) is 0 Å². The van der Waals surface area contributed by atoms with Crippen LogP contribution in [0.4, 0.5) is 5.82 Å². The highest BCUT2D eigenvalue weighted by atomic mass is 16.5. The van der Waals surface area contributed by atoms with E-state index < -0.39 is 0 Å². The van der Waals surface area contributed by atoms with Gasteiger partial charge in [-0.15, -0.1) is 0 Å². The molecule has 1 aromatic heterocycles. The monoisotopic (exact) mass is 169 g/mol. The fourth-order valence-electron chi connectivity index (χ4n) is 0.831. The Morgan fingerprint density at radius 2 is 2.42 bits per heavy atom. The second-order valence-corrected chi connectivity index (χ2v) is 3.17. The molecule has 0 saturated carbocycles. The molecule has 0 aliphatic heterocycles. The SMILES string of the molecule is CC(C)COCn1ccc(N)n1. The van der Waals surface area contributed by atoms with Gasteiger partial charge in [0.2, 0.25) is 0 Å². The Labute approximate surface area is 72.3 Å². The van der Waals surface area contributed by atoms with E-state index in [1.165, 1.54) is 0 Å². The van der Waals surface area contributed by atoms with Crippen LogP contribution in [0.15, 0.2) is 12.3 Å². The van der Waals surface area contributed by atoms with Gasteiger partial charge in [-0.25, -0.2) is 4.68 Å². The van der Waals surface area contributed by atoms with Crippen LogP contribution in [0.2, 0.25) is 0 Å². The molecular formula is C8H15N3O. The largest absolute Gasteiger partial charge is 0.382 e. The number of hydrogen-bond acceptors (Lipinski definition) is 3. The Kier molecular flexibility index (Phi) is 3.10. The van der Waals surface area contributed by atoms with Gasteiger partial charge in [-0.1, -0.05) is 13.8 Å². The standard InChI is InChI=1S/C8H15N3O/c1-7(2)5-12-6-11-4-3-8(9)10-11/h3-4,7H,5-6H2,1-2H3,(H2,9,10). The number of nitrogens with zero attached hydrogens (tertiary/aromatic N) is 2. The summed E-state index contributed by atoms with van der Waals surface area (Å²) in [5, 5.41) is 3.98. The topological polar surface area (TPSA) is 53.1 Å². The fourth-order valence-corrected chi connectivity index (χ4v) is 0.831. The highest BCUT2D eigenvalue weighted by molar-refractivity contribution is 5.23. The third-order valence-corrected chi connectivity index (χ3v) is 1.34. The van der Waals surface area contributed by atoms with Crippen molar-refractivity contribution < 1.29 is 4.74 Å². The van der Waals surface area contributed by atoms with Crippen molar-refractivity contribution in [2.45, 2.75) is 20.6 Å². The zero-order valence-electron chi connectivity index (χ0n) is 7.53. The predicted molar refractivity (Wildman–Crippen MR) is 47.4 cm³/mol. The van der Waals surface area contributed by atoms with E-state index in [0.29, 0.717) is 18.5 Å². The molecule has 2 N–H and O–H groups in total. The van der Waals surface area contributed by atoms with E-state index in [1.807, 2.05) is 0 Å². The molecule has 0 spiro atoms. The normalized spacial score (nSPS) is 10.9. The Bertz CT molecular complexity index is 232.